The molecule has 1 aromatic carbocycles. The van der Waals surface area contributed by atoms with Crippen LogP contribution in [0.15, 0.2) is 18.2 Å². The summed E-state index contributed by atoms with van der Waals surface area (Å²) >= 11 is 0. The highest BCUT2D eigenvalue weighted by Gasteiger charge is 2.34. The molecule has 2 heterocycles. The largest absolute Gasteiger partial charge is 0.497 e. The van der Waals surface area contributed by atoms with E-state index in [1.165, 1.54) is 5.56 Å². The molecular formula is C21H33ClN2O4. The number of methoxy groups -OCH3 is 2. The molecule has 7 heteroatoms. The molecule has 0 radical (unpaired) electrons. The third kappa shape index (κ3) is 5.75. The smallest absolute Gasteiger partial charge is 0.251 e. The number of rotatable bonds is 7. The Bertz CT molecular complexity index is 613. The molecule has 0 unspecified atom stereocenters. The van der Waals surface area contributed by atoms with Crippen LogP contribution >= 0.6 is 12.4 Å². The Hall–Kier alpha value is -1.50. The molecule has 2 atom stereocenters. The summed E-state index contributed by atoms with van der Waals surface area (Å²) in [7, 11) is 3.35. The molecule has 2 saturated heterocycles. The molecular weight excluding hydrogens is 380 g/mol. The fourth-order valence-corrected chi connectivity index (χ4v) is 4.09. The Morgan fingerprint density at radius 3 is 2.29 bits per heavy atom. The Morgan fingerprint density at radius 2 is 1.75 bits per heavy atom. The van der Waals surface area contributed by atoms with E-state index in [0.29, 0.717) is 12.5 Å². The third-order valence-corrected chi connectivity index (χ3v) is 5.82. The molecule has 0 spiro atoms. The molecule has 0 bridgehead atoms. The minimum absolute atomic E-state index is 0. The van der Waals surface area contributed by atoms with Gasteiger partial charge in [-0.2, -0.15) is 0 Å². The Balaban J connectivity index is 0.00000280. The molecule has 0 aliphatic carbocycles. The monoisotopic (exact) mass is 412 g/mol. The first-order valence-electron chi connectivity index (χ1n) is 9.99. The second-order valence-corrected chi connectivity index (χ2v) is 7.59. The number of amides is 1. The number of nitrogens with two attached hydrogens (primary N) is 1. The second kappa shape index (κ2) is 10.9. The van der Waals surface area contributed by atoms with Crippen molar-refractivity contribution >= 4 is 18.3 Å². The minimum atomic E-state index is -0.278. The average molecular weight is 413 g/mol. The molecule has 2 aliphatic rings. The zero-order chi connectivity index (χ0) is 19.2. The highest BCUT2D eigenvalue weighted by molar-refractivity contribution is 5.85. The molecule has 0 aromatic heterocycles. The van der Waals surface area contributed by atoms with Gasteiger partial charge in [-0.05, 0) is 62.1 Å². The van der Waals surface area contributed by atoms with Gasteiger partial charge in [0, 0.05) is 25.7 Å². The number of benzene rings is 1. The van der Waals surface area contributed by atoms with Crippen molar-refractivity contribution in [3.05, 3.63) is 23.8 Å². The van der Waals surface area contributed by atoms with Crippen LogP contribution in [0.1, 0.15) is 37.7 Å². The molecule has 2 aliphatic heterocycles. The number of carbonyl (C=O) groups excluding carboxylic acids is 1. The van der Waals surface area contributed by atoms with Crippen LogP contribution in [0.25, 0.3) is 0 Å². The van der Waals surface area contributed by atoms with Crippen LogP contribution in [0.5, 0.6) is 11.5 Å². The molecule has 0 saturated carbocycles. The number of hydrogen-bond acceptors (Lipinski definition) is 5. The number of piperidine rings is 1. The number of nitrogens with zero attached hydrogens (tertiary/aromatic N) is 1. The van der Waals surface area contributed by atoms with Crippen LogP contribution in [0.4, 0.5) is 0 Å². The number of carbonyl (C=O) groups is 1. The van der Waals surface area contributed by atoms with Crippen LogP contribution in [-0.4, -0.2) is 56.9 Å². The van der Waals surface area contributed by atoms with E-state index in [1.807, 2.05) is 11.0 Å². The molecule has 28 heavy (non-hydrogen) atoms. The summed E-state index contributed by atoms with van der Waals surface area (Å²) in [6.07, 6.45) is 5.70. The minimum Gasteiger partial charge on any atom is -0.497 e. The summed E-state index contributed by atoms with van der Waals surface area (Å²) in [5.74, 6) is 2.46. The van der Waals surface area contributed by atoms with E-state index in [-0.39, 0.29) is 30.5 Å². The summed E-state index contributed by atoms with van der Waals surface area (Å²) in [6.45, 7) is 2.16. The molecule has 2 fully saturated rings. The van der Waals surface area contributed by atoms with Gasteiger partial charge < -0.3 is 24.8 Å². The molecule has 158 valence electrons. The first-order valence-corrected chi connectivity index (χ1v) is 9.99. The zero-order valence-electron chi connectivity index (χ0n) is 16.9. The van der Waals surface area contributed by atoms with E-state index in [1.54, 1.807) is 14.2 Å². The zero-order valence-corrected chi connectivity index (χ0v) is 17.7. The SMILES string of the molecule is COc1cc(CCC2CCN(C(=O)[C@@H]3CC[C@H](CN)O3)CC2)cc(OC)c1.Cl. The van der Waals surface area contributed by atoms with Crippen molar-refractivity contribution in [1.82, 2.24) is 4.90 Å². The Kier molecular flexibility index (Phi) is 8.86. The summed E-state index contributed by atoms with van der Waals surface area (Å²) in [6, 6.07) is 6.05. The first-order chi connectivity index (χ1) is 13.1. The summed E-state index contributed by atoms with van der Waals surface area (Å²) in [5.41, 5.74) is 6.88. The summed E-state index contributed by atoms with van der Waals surface area (Å²) in [5, 5.41) is 0. The van der Waals surface area contributed by atoms with Crippen LogP contribution in [-0.2, 0) is 16.0 Å². The molecule has 1 amide bonds. The average Bonchev–Trinajstić information content (AvgIpc) is 3.21. The first kappa shape index (κ1) is 22.8. The summed E-state index contributed by atoms with van der Waals surface area (Å²) < 4.78 is 16.5. The number of ether oxygens (including phenoxy) is 3. The van der Waals surface area contributed by atoms with Crippen LogP contribution in [0.3, 0.4) is 0 Å². The van der Waals surface area contributed by atoms with Gasteiger partial charge in [0.05, 0.1) is 20.3 Å². The van der Waals surface area contributed by atoms with E-state index in [2.05, 4.69) is 12.1 Å². The maximum Gasteiger partial charge on any atom is 0.251 e. The lowest BCUT2D eigenvalue weighted by Gasteiger charge is -2.33. The fraction of sp³-hybridized carbons (Fsp3) is 0.667. The van der Waals surface area contributed by atoms with Gasteiger partial charge in [-0.15, -0.1) is 12.4 Å². The molecule has 1 aromatic rings. The van der Waals surface area contributed by atoms with Gasteiger partial charge >= 0.3 is 0 Å². The molecule has 6 nitrogen and oxygen atoms in total. The van der Waals surface area contributed by atoms with E-state index >= 15 is 0 Å². The van der Waals surface area contributed by atoms with Gasteiger partial charge in [0.1, 0.15) is 17.6 Å². The maximum absolute atomic E-state index is 12.6. The Morgan fingerprint density at radius 1 is 1.11 bits per heavy atom. The van der Waals surface area contributed by atoms with Gasteiger partial charge in [0.2, 0.25) is 0 Å². The van der Waals surface area contributed by atoms with Crippen LogP contribution in [0.2, 0.25) is 0 Å². The van der Waals surface area contributed by atoms with Crippen molar-refractivity contribution in [1.29, 1.82) is 0 Å². The summed E-state index contributed by atoms with van der Waals surface area (Å²) in [4.78, 5) is 14.6. The molecule has 3 rings (SSSR count). The number of halogens is 1. The van der Waals surface area contributed by atoms with Crippen LogP contribution < -0.4 is 15.2 Å². The van der Waals surface area contributed by atoms with Crippen molar-refractivity contribution < 1.29 is 19.0 Å². The van der Waals surface area contributed by atoms with Crippen LogP contribution in [0, 0.1) is 5.92 Å². The van der Waals surface area contributed by atoms with Gasteiger partial charge in [0.25, 0.3) is 5.91 Å². The van der Waals surface area contributed by atoms with E-state index in [4.69, 9.17) is 19.9 Å². The topological polar surface area (TPSA) is 74.0 Å². The van der Waals surface area contributed by atoms with E-state index < -0.39 is 0 Å². The lowest BCUT2D eigenvalue weighted by molar-refractivity contribution is -0.144. The van der Waals surface area contributed by atoms with Gasteiger partial charge in [0.15, 0.2) is 0 Å². The highest BCUT2D eigenvalue weighted by Crippen LogP contribution is 2.28. The number of aryl methyl sites for hydroxylation is 1. The van der Waals surface area contributed by atoms with Gasteiger partial charge in [-0.3, -0.25) is 4.79 Å². The second-order valence-electron chi connectivity index (χ2n) is 7.59. The quantitative estimate of drug-likeness (QED) is 0.745. The van der Waals surface area contributed by atoms with Crippen molar-refractivity contribution in [2.24, 2.45) is 11.7 Å². The van der Waals surface area contributed by atoms with Crippen molar-refractivity contribution in [2.45, 2.75) is 50.7 Å². The number of hydrogen-bond donors (Lipinski definition) is 1. The van der Waals surface area contributed by atoms with Crippen molar-refractivity contribution in [3.63, 3.8) is 0 Å². The van der Waals surface area contributed by atoms with Crippen molar-refractivity contribution in [3.8, 4) is 11.5 Å². The standard InChI is InChI=1S/C21H32N2O4.ClH/c1-25-18-11-16(12-19(13-18)26-2)4-3-15-7-9-23(10-8-15)21(24)20-6-5-17(14-22)27-20;/h11-13,15,17,20H,3-10,14,22H2,1-2H3;1H/t17-,20+;/m1./s1. The predicted octanol–water partition coefficient (Wildman–Crippen LogP) is 2.80. The lowest BCUT2D eigenvalue weighted by Crippen LogP contribution is -2.44. The molecule has 2 N–H and O–H groups in total. The Labute approximate surface area is 174 Å². The van der Waals surface area contributed by atoms with E-state index in [0.717, 1.165) is 63.1 Å². The lowest BCUT2D eigenvalue weighted by atomic mass is 9.90. The van der Waals surface area contributed by atoms with E-state index in [9.17, 15) is 4.79 Å². The fourth-order valence-electron chi connectivity index (χ4n) is 4.09. The predicted molar refractivity (Wildman–Crippen MR) is 111 cm³/mol. The third-order valence-electron chi connectivity index (χ3n) is 5.82. The number of likely N-dealkylation sites (tertiary alicyclic amines) is 1. The maximum atomic E-state index is 12.6. The normalized spacial score (nSPS) is 22.6. The highest BCUT2D eigenvalue weighted by atomic mass is 35.5. The van der Waals surface area contributed by atoms with Crippen molar-refractivity contribution in [2.75, 3.05) is 33.9 Å². The van der Waals surface area contributed by atoms with Gasteiger partial charge in [-0.25, -0.2) is 0 Å². The van der Waals surface area contributed by atoms with Gasteiger partial charge in [-0.1, -0.05) is 0 Å².